The molecule has 0 aliphatic heterocycles. The third-order valence-electron chi connectivity index (χ3n) is 0. The molecule has 0 aromatic rings. The minimum atomic E-state index is -2.15. The van der Waals surface area contributed by atoms with Crippen molar-refractivity contribution in [3.8, 4) is 0 Å². The van der Waals surface area contributed by atoms with Gasteiger partial charge in [0.15, 0.2) is 0 Å². The zero-order valence-corrected chi connectivity index (χ0v) is 5.94. The first kappa shape index (κ1) is 8.95. The molecular formula is MgO2Sb. The Morgan fingerprint density at radius 3 is 1.25 bits per heavy atom. The summed E-state index contributed by atoms with van der Waals surface area (Å²) in [6.07, 6.45) is 0. The molecule has 0 rings (SSSR count). The van der Waals surface area contributed by atoms with E-state index < -0.39 is 21.6 Å². The van der Waals surface area contributed by atoms with Crippen LogP contribution in [0.3, 0.4) is 0 Å². The van der Waals surface area contributed by atoms with E-state index in [-0.39, 0.29) is 23.1 Å². The van der Waals surface area contributed by atoms with Crippen LogP contribution in [0.15, 0.2) is 0 Å². The molecule has 0 aliphatic rings. The van der Waals surface area contributed by atoms with Gasteiger partial charge in [-0.25, -0.2) is 0 Å². The maximum absolute atomic E-state index is 8.52. The second-order valence-corrected chi connectivity index (χ2v) is 0.500. The molecule has 0 atom stereocenters. The van der Waals surface area contributed by atoms with Crippen molar-refractivity contribution in [3.63, 3.8) is 0 Å². The van der Waals surface area contributed by atoms with Crippen molar-refractivity contribution in [2.24, 2.45) is 0 Å². The van der Waals surface area contributed by atoms with Crippen LogP contribution in [0, 0.1) is 0 Å². The Kier molecular flexibility index (Phi) is 19.9. The molecule has 0 fully saturated rings. The molecule has 0 saturated carbocycles. The molecule has 0 unspecified atom stereocenters. The molecule has 3 radical (unpaired) electrons. The number of rotatable bonds is 0. The fourth-order valence-corrected chi connectivity index (χ4v) is 0. The van der Waals surface area contributed by atoms with Gasteiger partial charge in [-0.05, 0) is 0 Å². The van der Waals surface area contributed by atoms with Gasteiger partial charge in [-0.2, -0.15) is 0 Å². The summed E-state index contributed by atoms with van der Waals surface area (Å²) in [6.45, 7) is 0. The van der Waals surface area contributed by atoms with Gasteiger partial charge in [-0.15, -0.1) is 0 Å². The van der Waals surface area contributed by atoms with Crippen molar-refractivity contribution in [2.45, 2.75) is 0 Å². The van der Waals surface area contributed by atoms with Crippen LogP contribution >= 0.6 is 0 Å². The van der Waals surface area contributed by atoms with E-state index in [1.165, 1.54) is 0 Å². The number of hydrogen-bond donors (Lipinski definition) is 0. The van der Waals surface area contributed by atoms with E-state index in [1.54, 1.807) is 0 Å². The first-order chi connectivity index (χ1) is 1.41. The monoisotopic (exact) mass is 177 g/mol. The van der Waals surface area contributed by atoms with Crippen LogP contribution in [0.4, 0.5) is 0 Å². The summed E-state index contributed by atoms with van der Waals surface area (Å²) < 4.78 is 17.0. The van der Waals surface area contributed by atoms with Crippen LogP contribution < -0.4 is 0 Å². The summed E-state index contributed by atoms with van der Waals surface area (Å²) >= 11 is -2.15. The van der Waals surface area contributed by atoms with Gasteiger partial charge in [0.1, 0.15) is 0 Å². The van der Waals surface area contributed by atoms with Crippen molar-refractivity contribution in [2.75, 3.05) is 0 Å². The van der Waals surface area contributed by atoms with Crippen LogP contribution in [0.2, 0.25) is 0 Å². The number of hydrogen-bond acceptors (Lipinski definition) is 2. The van der Waals surface area contributed by atoms with Crippen molar-refractivity contribution in [1.29, 1.82) is 0 Å². The van der Waals surface area contributed by atoms with Gasteiger partial charge < -0.3 is 0 Å². The molecule has 0 saturated heterocycles. The van der Waals surface area contributed by atoms with Crippen molar-refractivity contribution in [1.82, 2.24) is 0 Å². The van der Waals surface area contributed by atoms with Crippen molar-refractivity contribution >= 4 is 44.6 Å². The molecule has 0 N–H and O–H groups in total. The molecule has 4 heteroatoms. The molecule has 0 aliphatic carbocycles. The summed E-state index contributed by atoms with van der Waals surface area (Å²) in [5.74, 6) is 0. The molecule has 0 spiro atoms. The van der Waals surface area contributed by atoms with E-state index in [0.717, 1.165) is 0 Å². The van der Waals surface area contributed by atoms with Gasteiger partial charge >= 0.3 is 27.6 Å². The summed E-state index contributed by atoms with van der Waals surface area (Å²) in [5.41, 5.74) is 0. The maximum atomic E-state index is 8.52. The van der Waals surface area contributed by atoms with Gasteiger partial charge in [0.2, 0.25) is 0 Å². The van der Waals surface area contributed by atoms with E-state index in [9.17, 15) is 0 Å². The predicted octanol–water partition coefficient (Wildman–Crippen LogP) is -0.999. The second-order valence-electron chi connectivity index (χ2n) is 0.0745. The topological polar surface area (TPSA) is 34.1 Å². The standard InChI is InChI=1S/Mg.2O.Sb. The van der Waals surface area contributed by atoms with Crippen molar-refractivity contribution < 1.29 is 6.03 Å². The Bertz CT molecular complexity index is 27.0. The minimum absolute atomic E-state index is 0. The Labute approximate surface area is 50.4 Å². The fraction of sp³-hybridized carbons (Fsp3) is 0. The third kappa shape index (κ3) is 10.8. The fourth-order valence-electron chi connectivity index (χ4n) is 0. The Morgan fingerprint density at radius 1 is 1.25 bits per heavy atom. The predicted molar refractivity (Wildman–Crippen MR) is 12.9 cm³/mol. The normalized spacial score (nSPS) is 2.00. The van der Waals surface area contributed by atoms with E-state index in [4.69, 9.17) is 6.03 Å². The van der Waals surface area contributed by atoms with Crippen LogP contribution in [0.1, 0.15) is 0 Å². The average Bonchev–Trinajstić information content (AvgIpc) is 0.918. The van der Waals surface area contributed by atoms with Gasteiger partial charge in [-0.1, -0.05) is 0 Å². The van der Waals surface area contributed by atoms with Crippen LogP contribution in [0.5, 0.6) is 0 Å². The molecule has 0 aromatic carbocycles. The molecule has 2 nitrogen and oxygen atoms in total. The van der Waals surface area contributed by atoms with Gasteiger partial charge in [0, 0.05) is 23.1 Å². The molecule has 4 heavy (non-hydrogen) atoms. The third-order valence-corrected chi connectivity index (χ3v) is 0. The Hall–Kier alpha value is 1.18. The van der Waals surface area contributed by atoms with Crippen molar-refractivity contribution in [3.05, 3.63) is 0 Å². The van der Waals surface area contributed by atoms with Gasteiger partial charge in [-0.3, -0.25) is 0 Å². The zero-order valence-electron chi connectivity index (χ0n) is 1.97. The van der Waals surface area contributed by atoms with Crippen LogP contribution in [-0.4, -0.2) is 44.6 Å². The molecular weight excluding hydrogens is 178 g/mol. The molecule has 0 heterocycles. The first-order valence-electron chi connectivity index (χ1n) is 0.365. The summed E-state index contributed by atoms with van der Waals surface area (Å²) in [4.78, 5) is 0. The molecule has 19 valence electrons. The zero-order chi connectivity index (χ0) is 2.71. The van der Waals surface area contributed by atoms with Gasteiger partial charge in [0.05, 0.1) is 0 Å². The molecule has 0 aromatic heterocycles. The molecule has 0 bridgehead atoms. The summed E-state index contributed by atoms with van der Waals surface area (Å²) in [6, 6.07) is 0. The summed E-state index contributed by atoms with van der Waals surface area (Å²) in [7, 11) is 0. The van der Waals surface area contributed by atoms with E-state index >= 15 is 0 Å². The second kappa shape index (κ2) is 8.89. The molecule has 0 amide bonds. The SMILES string of the molecule is [Mg].[O]=[Sb]=[O]. The Morgan fingerprint density at radius 2 is 1.25 bits per heavy atom. The van der Waals surface area contributed by atoms with E-state index in [0.29, 0.717) is 0 Å². The van der Waals surface area contributed by atoms with Gasteiger partial charge in [0.25, 0.3) is 0 Å². The quantitative estimate of drug-likeness (QED) is 0.446. The van der Waals surface area contributed by atoms with Crippen LogP contribution in [0.25, 0.3) is 0 Å². The van der Waals surface area contributed by atoms with E-state index in [1.807, 2.05) is 0 Å². The average molecular weight is 178 g/mol. The summed E-state index contributed by atoms with van der Waals surface area (Å²) in [5, 5.41) is 0. The van der Waals surface area contributed by atoms with E-state index in [2.05, 4.69) is 0 Å². The Balaban J connectivity index is 0. The first-order valence-corrected chi connectivity index (χ1v) is 2.45. The van der Waals surface area contributed by atoms with Crippen LogP contribution in [-0.2, 0) is 6.03 Å².